The minimum absolute atomic E-state index is 0.0173. The number of carbonyl (C=O) groups is 3. The van der Waals surface area contributed by atoms with Crippen molar-refractivity contribution in [1.82, 2.24) is 15.1 Å². The van der Waals surface area contributed by atoms with E-state index in [0.717, 1.165) is 31.5 Å². The molecule has 0 saturated carbocycles. The van der Waals surface area contributed by atoms with E-state index in [1.54, 1.807) is 0 Å². The lowest BCUT2D eigenvalue weighted by Crippen LogP contribution is -2.51. The highest BCUT2D eigenvalue weighted by Gasteiger charge is 2.39. The van der Waals surface area contributed by atoms with Gasteiger partial charge < -0.3 is 19.7 Å². The second kappa shape index (κ2) is 10.6. The third kappa shape index (κ3) is 6.56. The van der Waals surface area contributed by atoms with Gasteiger partial charge in [0.25, 0.3) is 0 Å². The zero-order valence-electron chi connectivity index (χ0n) is 19.1. The fraction of sp³-hybridized carbons (Fsp3) is 0.542. The van der Waals surface area contributed by atoms with Crippen molar-refractivity contribution in [3.8, 4) is 0 Å². The second-order valence-corrected chi connectivity index (χ2v) is 9.15. The largest absolute Gasteiger partial charge is 0.458 e. The molecule has 3 rings (SSSR count). The van der Waals surface area contributed by atoms with Crippen LogP contribution in [-0.4, -0.2) is 59.0 Å². The minimum Gasteiger partial charge on any atom is -0.458 e. The maximum Gasteiger partial charge on any atom is 0.414 e. The summed E-state index contributed by atoms with van der Waals surface area (Å²) in [5.41, 5.74) is 0.224. The lowest BCUT2D eigenvalue weighted by molar-refractivity contribution is -0.166. The van der Waals surface area contributed by atoms with Gasteiger partial charge in [-0.1, -0.05) is 30.3 Å². The van der Waals surface area contributed by atoms with Crippen molar-refractivity contribution in [3.05, 3.63) is 48.3 Å². The average Bonchev–Trinajstić information content (AvgIpc) is 2.95. The Bertz CT molecular complexity index is 828. The van der Waals surface area contributed by atoms with Crippen LogP contribution < -0.4 is 5.32 Å². The third-order valence-electron chi connectivity index (χ3n) is 5.48. The molecular weight excluding hydrogens is 410 g/mol. The molecular formula is C24H33N3O5. The maximum absolute atomic E-state index is 13.1. The van der Waals surface area contributed by atoms with Crippen LogP contribution in [0.25, 0.3) is 0 Å². The van der Waals surface area contributed by atoms with Crippen LogP contribution in [0, 0.1) is 5.92 Å². The van der Waals surface area contributed by atoms with Crippen molar-refractivity contribution < 1.29 is 23.9 Å². The van der Waals surface area contributed by atoms with Gasteiger partial charge in [-0.15, -0.1) is 0 Å². The van der Waals surface area contributed by atoms with E-state index in [1.807, 2.05) is 51.1 Å². The molecule has 0 aromatic heterocycles. The Balaban J connectivity index is 1.73. The normalized spacial score (nSPS) is 18.8. The predicted molar refractivity (Wildman–Crippen MR) is 119 cm³/mol. The molecule has 0 aliphatic carbocycles. The second-order valence-electron chi connectivity index (χ2n) is 9.15. The molecule has 1 unspecified atom stereocenters. The van der Waals surface area contributed by atoms with Gasteiger partial charge in [-0.3, -0.25) is 9.69 Å². The van der Waals surface area contributed by atoms with Crippen molar-refractivity contribution in [2.75, 3.05) is 19.6 Å². The van der Waals surface area contributed by atoms with Gasteiger partial charge in [-0.05, 0) is 58.2 Å². The molecule has 2 aliphatic heterocycles. The van der Waals surface area contributed by atoms with Crippen LogP contribution >= 0.6 is 0 Å². The molecule has 1 aromatic carbocycles. The maximum atomic E-state index is 13.1. The number of rotatable bonds is 5. The van der Waals surface area contributed by atoms with E-state index in [0.29, 0.717) is 0 Å². The van der Waals surface area contributed by atoms with Crippen LogP contribution in [0.3, 0.4) is 0 Å². The summed E-state index contributed by atoms with van der Waals surface area (Å²) in [6.07, 6.45) is 4.15. The molecule has 0 spiro atoms. The number of nitrogens with zero attached hydrogens (tertiary/aromatic N) is 2. The zero-order chi connectivity index (χ0) is 23.1. The van der Waals surface area contributed by atoms with E-state index >= 15 is 0 Å². The summed E-state index contributed by atoms with van der Waals surface area (Å²) in [7, 11) is 0. The molecule has 2 amide bonds. The van der Waals surface area contributed by atoms with E-state index in [-0.39, 0.29) is 31.4 Å². The number of piperidine rings is 1. The summed E-state index contributed by atoms with van der Waals surface area (Å²) in [6.45, 7) is 7.35. The number of hydrogen-bond donors (Lipinski definition) is 1. The molecule has 174 valence electrons. The van der Waals surface area contributed by atoms with E-state index < -0.39 is 23.7 Å². The summed E-state index contributed by atoms with van der Waals surface area (Å²) < 4.78 is 11.1. The van der Waals surface area contributed by atoms with E-state index in [4.69, 9.17) is 9.47 Å². The van der Waals surface area contributed by atoms with Gasteiger partial charge in [0.1, 0.15) is 18.2 Å². The zero-order valence-corrected chi connectivity index (χ0v) is 19.1. The molecule has 32 heavy (non-hydrogen) atoms. The first-order valence-corrected chi connectivity index (χ1v) is 11.1. The number of ether oxygens (including phenoxy) is 2. The third-order valence-corrected chi connectivity index (χ3v) is 5.48. The van der Waals surface area contributed by atoms with Crippen molar-refractivity contribution >= 4 is 18.0 Å². The smallest absolute Gasteiger partial charge is 0.414 e. The van der Waals surface area contributed by atoms with Gasteiger partial charge in [0, 0.05) is 25.4 Å². The molecule has 1 fully saturated rings. The molecule has 1 aromatic rings. The lowest BCUT2D eigenvalue weighted by Gasteiger charge is -2.36. The van der Waals surface area contributed by atoms with Crippen molar-refractivity contribution in [2.45, 2.75) is 58.3 Å². The molecule has 1 atom stereocenters. The standard InChI is InChI=1S/C24H33N3O5/c1-24(2,3)32-22(29)21(19-9-12-25-13-10-19)27-16-15-26(14-11-20(27)28)23(30)31-17-18-7-5-4-6-8-18/h4-8,15-16,19,21,25H,9-14,17H2,1-3H3. The number of hydrogen-bond acceptors (Lipinski definition) is 6. The Hall–Kier alpha value is -2.87. The van der Waals surface area contributed by atoms with E-state index in [2.05, 4.69) is 5.32 Å². The van der Waals surface area contributed by atoms with Crippen LogP contribution in [-0.2, 0) is 25.7 Å². The van der Waals surface area contributed by atoms with Crippen molar-refractivity contribution in [1.29, 1.82) is 0 Å². The van der Waals surface area contributed by atoms with Gasteiger partial charge in [-0.2, -0.15) is 0 Å². The fourth-order valence-corrected chi connectivity index (χ4v) is 3.91. The van der Waals surface area contributed by atoms with Gasteiger partial charge in [0.15, 0.2) is 0 Å². The van der Waals surface area contributed by atoms with Crippen LogP contribution in [0.5, 0.6) is 0 Å². The molecule has 2 aliphatic rings. The monoisotopic (exact) mass is 443 g/mol. The molecule has 1 N–H and O–H groups in total. The summed E-state index contributed by atoms with van der Waals surface area (Å²) in [5, 5.41) is 3.29. The summed E-state index contributed by atoms with van der Waals surface area (Å²) in [6, 6.07) is 8.68. The molecule has 8 heteroatoms. The van der Waals surface area contributed by atoms with Crippen molar-refractivity contribution in [2.24, 2.45) is 5.92 Å². The van der Waals surface area contributed by atoms with Gasteiger partial charge in [0.2, 0.25) is 5.91 Å². The van der Waals surface area contributed by atoms with E-state index in [9.17, 15) is 14.4 Å². The topological polar surface area (TPSA) is 88.2 Å². The summed E-state index contributed by atoms with van der Waals surface area (Å²) in [5.74, 6) is -0.646. The highest BCUT2D eigenvalue weighted by atomic mass is 16.6. The van der Waals surface area contributed by atoms with Gasteiger partial charge in [0.05, 0.1) is 0 Å². The Kier molecular flexibility index (Phi) is 7.90. The molecule has 0 radical (unpaired) electrons. The Labute approximate surface area is 189 Å². The SMILES string of the molecule is CC(C)(C)OC(=O)C(C1CCNCC1)N1C=CN(C(=O)OCc2ccccc2)CCC1=O. The molecule has 0 bridgehead atoms. The average molecular weight is 444 g/mol. The molecule has 1 saturated heterocycles. The Morgan fingerprint density at radius 3 is 2.47 bits per heavy atom. The number of amides is 2. The molecule has 2 heterocycles. The number of carbonyl (C=O) groups excluding carboxylic acids is 3. The summed E-state index contributed by atoms with van der Waals surface area (Å²) in [4.78, 5) is 41.5. The number of benzene rings is 1. The van der Waals surface area contributed by atoms with Crippen molar-refractivity contribution in [3.63, 3.8) is 0 Å². The lowest BCUT2D eigenvalue weighted by atomic mass is 9.89. The Morgan fingerprint density at radius 2 is 1.81 bits per heavy atom. The first-order chi connectivity index (χ1) is 15.2. The first-order valence-electron chi connectivity index (χ1n) is 11.1. The van der Waals surface area contributed by atoms with Crippen LogP contribution in [0.4, 0.5) is 4.79 Å². The predicted octanol–water partition coefficient (Wildman–Crippen LogP) is 3.04. The van der Waals surface area contributed by atoms with Crippen LogP contribution in [0.15, 0.2) is 42.7 Å². The van der Waals surface area contributed by atoms with Gasteiger partial charge >= 0.3 is 12.1 Å². The summed E-state index contributed by atoms with van der Waals surface area (Å²) >= 11 is 0. The quantitative estimate of drug-likeness (QED) is 0.704. The molecule has 8 nitrogen and oxygen atoms in total. The highest BCUT2D eigenvalue weighted by molar-refractivity contribution is 5.86. The fourth-order valence-electron chi connectivity index (χ4n) is 3.91. The minimum atomic E-state index is -0.722. The van der Waals surface area contributed by atoms with Crippen LogP contribution in [0.2, 0.25) is 0 Å². The first kappa shape index (κ1) is 23.8. The number of esters is 1. The van der Waals surface area contributed by atoms with E-state index in [1.165, 1.54) is 22.2 Å². The van der Waals surface area contributed by atoms with Crippen LogP contribution in [0.1, 0.15) is 45.6 Å². The number of nitrogens with one attached hydrogen (secondary N) is 1. The Morgan fingerprint density at radius 1 is 1.12 bits per heavy atom. The van der Waals surface area contributed by atoms with Gasteiger partial charge in [-0.25, -0.2) is 9.59 Å². The highest BCUT2D eigenvalue weighted by Crippen LogP contribution is 2.26.